The second-order valence-corrected chi connectivity index (χ2v) is 6.21. The van der Waals surface area contributed by atoms with Crippen LogP contribution in [0.25, 0.3) is 0 Å². The molecule has 4 nitrogen and oxygen atoms in total. The average Bonchev–Trinajstić information content (AvgIpc) is 2.26. The Kier molecular flexibility index (Phi) is 5.37. The summed E-state index contributed by atoms with van der Waals surface area (Å²) in [5.41, 5.74) is 0.548. The zero-order valence-electron chi connectivity index (χ0n) is 10.3. The Bertz CT molecular complexity index is 520. The third-order valence-electron chi connectivity index (χ3n) is 2.35. The van der Waals surface area contributed by atoms with Crippen molar-refractivity contribution in [2.45, 2.75) is 13.3 Å². The fraction of sp³-hybridized carbons (Fsp3) is 0.455. The van der Waals surface area contributed by atoms with Crippen LogP contribution in [-0.4, -0.2) is 27.8 Å². The van der Waals surface area contributed by atoms with Crippen LogP contribution in [0.15, 0.2) is 12.1 Å². The smallest absolute Gasteiger partial charge is 0.232 e. The van der Waals surface area contributed by atoms with E-state index in [-0.39, 0.29) is 16.5 Å². The highest BCUT2D eigenvalue weighted by molar-refractivity contribution is 7.92. The largest absolute Gasteiger partial charge is 0.320 e. The molecule has 0 amide bonds. The Hall–Kier alpha value is -0.850. The van der Waals surface area contributed by atoms with Crippen LogP contribution in [-0.2, 0) is 10.0 Å². The van der Waals surface area contributed by atoms with Crippen molar-refractivity contribution < 1.29 is 12.8 Å². The number of anilines is 1. The molecule has 1 aromatic carbocycles. The summed E-state index contributed by atoms with van der Waals surface area (Å²) in [5.74, 6) is -0.473. The number of hydrogen-bond acceptors (Lipinski definition) is 3. The lowest BCUT2D eigenvalue weighted by molar-refractivity contribution is 0.596. The van der Waals surface area contributed by atoms with Crippen molar-refractivity contribution in [1.82, 2.24) is 5.32 Å². The quantitative estimate of drug-likeness (QED) is 0.790. The van der Waals surface area contributed by atoms with Gasteiger partial charge in [-0.25, -0.2) is 12.8 Å². The van der Waals surface area contributed by atoms with Gasteiger partial charge in [0.25, 0.3) is 0 Å². The first-order valence-electron chi connectivity index (χ1n) is 5.46. The third kappa shape index (κ3) is 4.44. The molecule has 7 heteroatoms. The minimum Gasteiger partial charge on any atom is -0.320 e. The Balaban J connectivity index is 2.81. The number of aryl methyl sites for hydroxylation is 1. The van der Waals surface area contributed by atoms with Crippen LogP contribution in [0, 0.1) is 12.7 Å². The second kappa shape index (κ2) is 6.36. The monoisotopic (exact) mass is 294 g/mol. The zero-order chi connectivity index (χ0) is 13.8. The molecule has 0 unspecified atom stereocenters. The first-order chi connectivity index (χ1) is 8.35. The summed E-state index contributed by atoms with van der Waals surface area (Å²) in [5, 5.41) is 2.92. The molecule has 18 heavy (non-hydrogen) atoms. The van der Waals surface area contributed by atoms with E-state index in [2.05, 4.69) is 10.0 Å². The van der Waals surface area contributed by atoms with Gasteiger partial charge in [-0.3, -0.25) is 4.72 Å². The number of sulfonamides is 1. The fourth-order valence-electron chi connectivity index (χ4n) is 1.39. The molecule has 102 valence electrons. The Morgan fingerprint density at radius 3 is 2.67 bits per heavy atom. The predicted octanol–water partition coefficient (Wildman–Crippen LogP) is 2.14. The number of halogens is 2. The minimum absolute atomic E-state index is 0.0133. The maximum atomic E-state index is 13.2. The molecule has 0 aliphatic carbocycles. The summed E-state index contributed by atoms with van der Waals surface area (Å²) < 4.78 is 39.0. The van der Waals surface area contributed by atoms with E-state index in [4.69, 9.17) is 11.6 Å². The number of rotatable bonds is 6. The molecule has 0 spiro atoms. The molecule has 0 radical (unpaired) electrons. The van der Waals surface area contributed by atoms with E-state index in [1.807, 2.05) is 0 Å². The van der Waals surface area contributed by atoms with Gasteiger partial charge >= 0.3 is 0 Å². The maximum Gasteiger partial charge on any atom is 0.232 e. The SMILES string of the molecule is CNCCCS(=O)(=O)Nc1cc(C)c(F)cc1Cl. The highest BCUT2D eigenvalue weighted by atomic mass is 35.5. The molecule has 0 heterocycles. The minimum atomic E-state index is -3.46. The van der Waals surface area contributed by atoms with Crippen LogP contribution in [0.5, 0.6) is 0 Å². The van der Waals surface area contributed by atoms with Crippen LogP contribution in [0.4, 0.5) is 10.1 Å². The van der Waals surface area contributed by atoms with Crippen LogP contribution in [0.1, 0.15) is 12.0 Å². The summed E-state index contributed by atoms with van der Waals surface area (Å²) in [6.07, 6.45) is 0.490. The number of nitrogens with one attached hydrogen (secondary N) is 2. The predicted molar refractivity (Wildman–Crippen MR) is 72.1 cm³/mol. The Morgan fingerprint density at radius 1 is 1.39 bits per heavy atom. The van der Waals surface area contributed by atoms with Gasteiger partial charge in [0.15, 0.2) is 0 Å². The lowest BCUT2D eigenvalue weighted by Crippen LogP contribution is -2.20. The van der Waals surface area contributed by atoms with Crippen molar-refractivity contribution in [3.63, 3.8) is 0 Å². The van der Waals surface area contributed by atoms with E-state index in [1.165, 1.54) is 6.07 Å². The van der Waals surface area contributed by atoms with Gasteiger partial charge in [-0.05, 0) is 44.6 Å². The molecule has 0 saturated heterocycles. The van der Waals surface area contributed by atoms with E-state index in [0.29, 0.717) is 18.5 Å². The van der Waals surface area contributed by atoms with Gasteiger partial charge in [-0.15, -0.1) is 0 Å². The van der Waals surface area contributed by atoms with Gasteiger partial charge < -0.3 is 5.32 Å². The number of hydrogen-bond donors (Lipinski definition) is 2. The molecule has 0 atom stereocenters. The Labute approximate surface area is 112 Å². The summed E-state index contributed by atoms with van der Waals surface area (Å²) >= 11 is 5.79. The summed E-state index contributed by atoms with van der Waals surface area (Å²) in [7, 11) is -1.71. The van der Waals surface area contributed by atoms with Crippen molar-refractivity contribution in [1.29, 1.82) is 0 Å². The molecule has 0 aliphatic rings. The molecule has 0 bridgehead atoms. The van der Waals surface area contributed by atoms with Crippen molar-refractivity contribution in [3.8, 4) is 0 Å². The molecular formula is C11H16ClFN2O2S. The van der Waals surface area contributed by atoms with E-state index in [9.17, 15) is 12.8 Å². The first kappa shape index (κ1) is 15.2. The van der Waals surface area contributed by atoms with Gasteiger partial charge in [0.05, 0.1) is 16.5 Å². The van der Waals surface area contributed by atoms with Gasteiger partial charge in [0.2, 0.25) is 10.0 Å². The molecule has 1 rings (SSSR count). The average molecular weight is 295 g/mol. The maximum absolute atomic E-state index is 13.2. The Morgan fingerprint density at radius 2 is 2.06 bits per heavy atom. The number of benzene rings is 1. The third-order valence-corrected chi connectivity index (χ3v) is 4.02. The molecular weight excluding hydrogens is 279 g/mol. The van der Waals surface area contributed by atoms with Crippen LogP contribution >= 0.6 is 11.6 Å². The lowest BCUT2D eigenvalue weighted by atomic mass is 10.2. The van der Waals surface area contributed by atoms with Crippen LogP contribution < -0.4 is 10.0 Å². The molecule has 0 fully saturated rings. The summed E-state index contributed by atoms with van der Waals surface area (Å²) in [4.78, 5) is 0. The summed E-state index contributed by atoms with van der Waals surface area (Å²) in [6, 6.07) is 2.48. The fourth-order valence-corrected chi connectivity index (χ4v) is 2.78. The van der Waals surface area contributed by atoms with Crippen molar-refractivity contribution >= 4 is 27.3 Å². The van der Waals surface area contributed by atoms with Crippen LogP contribution in [0.3, 0.4) is 0 Å². The lowest BCUT2D eigenvalue weighted by Gasteiger charge is -2.10. The van der Waals surface area contributed by atoms with Gasteiger partial charge in [0.1, 0.15) is 5.82 Å². The van der Waals surface area contributed by atoms with E-state index in [1.54, 1.807) is 14.0 Å². The first-order valence-corrected chi connectivity index (χ1v) is 7.49. The topological polar surface area (TPSA) is 58.2 Å². The van der Waals surface area contributed by atoms with Crippen LogP contribution in [0.2, 0.25) is 5.02 Å². The summed E-state index contributed by atoms with van der Waals surface area (Å²) in [6.45, 7) is 2.15. The van der Waals surface area contributed by atoms with Gasteiger partial charge in [-0.1, -0.05) is 11.6 Å². The van der Waals surface area contributed by atoms with E-state index < -0.39 is 15.8 Å². The van der Waals surface area contributed by atoms with Gasteiger partial charge in [-0.2, -0.15) is 0 Å². The van der Waals surface area contributed by atoms with Crippen molar-refractivity contribution in [3.05, 3.63) is 28.5 Å². The zero-order valence-corrected chi connectivity index (χ0v) is 11.8. The van der Waals surface area contributed by atoms with E-state index in [0.717, 1.165) is 6.07 Å². The van der Waals surface area contributed by atoms with E-state index >= 15 is 0 Å². The standard InChI is InChI=1S/C11H16ClFN2O2S/c1-8-6-11(9(12)7-10(8)13)15-18(16,17)5-3-4-14-2/h6-7,14-15H,3-5H2,1-2H3. The van der Waals surface area contributed by atoms with Crippen molar-refractivity contribution in [2.24, 2.45) is 0 Å². The molecule has 2 N–H and O–H groups in total. The normalized spacial score (nSPS) is 11.6. The molecule has 0 aliphatic heterocycles. The highest BCUT2D eigenvalue weighted by Gasteiger charge is 2.13. The molecule has 0 saturated carbocycles. The highest BCUT2D eigenvalue weighted by Crippen LogP contribution is 2.26. The van der Waals surface area contributed by atoms with Gasteiger partial charge in [0, 0.05) is 0 Å². The molecule has 0 aromatic heterocycles. The molecule has 1 aromatic rings. The second-order valence-electron chi connectivity index (χ2n) is 3.96. The van der Waals surface area contributed by atoms with Crippen molar-refractivity contribution in [2.75, 3.05) is 24.1 Å².